The van der Waals surface area contributed by atoms with Gasteiger partial charge < -0.3 is 25.4 Å². The number of likely N-dealkylation sites (N-methyl/N-ethyl adjacent to an activating group) is 1. The molecular formula is C23H42IN5O2. The Morgan fingerprint density at radius 1 is 1.06 bits per heavy atom. The van der Waals surface area contributed by atoms with E-state index in [1.807, 2.05) is 38.1 Å². The third kappa shape index (κ3) is 9.93. The molecule has 1 aliphatic heterocycles. The van der Waals surface area contributed by atoms with Crippen molar-refractivity contribution in [3.05, 3.63) is 29.8 Å². The number of piperazine rings is 1. The van der Waals surface area contributed by atoms with Gasteiger partial charge in [0.05, 0.1) is 18.8 Å². The molecule has 3 N–H and O–H groups in total. The predicted octanol–water partition coefficient (Wildman–Crippen LogP) is 2.71. The van der Waals surface area contributed by atoms with Gasteiger partial charge in [-0.25, -0.2) is 0 Å². The number of benzene rings is 1. The van der Waals surface area contributed by atoms with Crippen molar-refractivity contribution in [1.29, 1.82) is 0 Å². The highest BCUT2D eigenvalue weighted by Crippen LogP contribution is 2.18. The summed E-state index contributed by atoms with van der Waals surface area (Å²) in [4.78, 5) is 9.74. The van der Waals surface area contributed by atoms with Crippen LogP contribution in [0.1, 0.15) is 46.3 Å². The molecule has 2 unspecified atom stereocenters. The number of aliphatic hydroxyl groups excluding tert-OH is 1. The van der Waals surface area contributed by atoms with Gasteiger partial charge in [0.1, 0.15) is 5.75 Å². The fourth-order valence-electron chi connectivity index (χ4n) is 3.55. The van der Waals surface area contributed by atoms with Crippen LogP contribution in [0.15, 0.2) is 29.3 Å². The number of rotatable bonds is 10. The van der Waals surface area contributed by atoms with E-state index in [1.54, 1.807) is 0 Å². The number of aliphatic hydroxyl groups is 1. The first-order chi connectivity index (χ1) is 14.4. The van der Waals surface area contributed by atoms with Crippen molar-refractivity contribution in [2.45, 2.75) is 52.9 Å². The van der Waals surface area contributed by atoms with Crippen molar-refractivity contribution in [2.24, 2.45) is 4.99 Å². The second kappa shape index (κ2) is 14.9. The Bertz CT molecular complexity index is 633. The van der Waals surface area contributed by atoms with Crippen LogP contribution >= 0.6 is 24.0 Å². The quantitative estimate of drug-likeness (QED) is 0.238. The zero-order chi connectivity index (χ0) is 21.9. The highest BCUT2D eigenvalue weighted by Gasteiger charge is 2.20. The van der Waals surface area contributed by atoms with Gasteiger partial charge in [-0.2, -0.15) is 0 Å². The van der Waals surface area contributed by atoms with E-state index >= 15 is 0 Å². The maximum Gasteiger partial charge on any atom is 0.191 e. The number of guanidine groups is 1. The van der Waals surface area contributed by atoms with Crippen molar-refractivity contribution in [2.75, 3.05) is 52.4 Å². The van der Waals surface area contributed by atoms with Gasteiger partial charge in [-0.15, -0.1) is 24.0 Å². The molecule has 8 heteroatoms. The van der Waals surface area contributed by atoms with Crippen molar-refractivity contribution in [1.82, 2.24) is 20.4 Å². The summed E-state index contributed by atoms with van der Waals surface area (Å²) in [5.74, 6) is 1.56. The molecule has 7 nitrogen and oxygen atoms in total. The molecule has 1 aliphatic rings. The number of aliphatic imine (C=N–C) groups is 1. The Kier molecular flexibility index (Phi) is 13.4. The first-order valence-electron chi connectivity index (χ1n) is 11.4. The smallest absolute Gasteiger partial charge is 0.191 e. The second-order valence-electron chi connectivity index (χ2n) is 8.17. The van der Waals surface area contributed by atoms with Crippen LogP contribution in [0, 0.1) is 0 Å². The largest absolute Gasteiger partial charge is 0.491 e. The van der Waals surface area contributed by atoms with Crippen LogP contribution in [0.4, 0.5) is 0 Å². The molecule has 1 aromatic carbocycles. The Morgan fingerprint density at radius 2 is 1.71 bits per heavy atom. The standard InChI is InChI=1S/C23H41N5O2.HI/c1-6-24-23(25-16-19(5)28-14-12-27(7-2)13-15-28)26-17-22(29)20-8-10-21(11-9-20)30-18(3)4;/h8-11,18-19,22,29H,6-7,12-17H2,1-5H3,(H2,24,25,26);1H. The lowest BCUT2D eigenvalue weighted by atomic mass is 10.1. The Hall–Kier alpha value is -1.10. The summed E-state index contributed by atoms with van der Waals surface area (Å²) in [6, 6.07) is 8.02. The summed E-state index contributed by atoms with van der Waals surface area (Å²) in [7, 11) is 0. The van der Waals surface area contributed by atoms with E-state index in [-0.39, 0.29) is 30.1 Å². The van der Waals surface area contributed by atoms with Gasteiger partial charge >= 0.3 is 0 Å². The van der Waals surface area contributed by atoms with Crippen LogP contribution in [0.3, 0.4) is 0 Å². The molecule has 0 aromatic heterocycles. The fourth-order valence-corrected chi connectivity index (χ4v) is 3.55. The topological polar surface area (TPSA) is 72.4 Å². The minimum atomic E-state index is -0.610. The van der Waals surface area contributed by atoms with E-state index in [4.69, 9.17) is 9.73 Å². The van der Waals surface area contributed by atoms with Crippen LogP contribution in [-0.4, -0.2) is 85.4 Å². The predicted molar refractivity (Wildman–Crippen MR) is 140 cm³/mol. The van der Waals surface area contributed by atoms with Crippen LogP contribution in [0.2, 0.25) is 0 Å². The molecule has 178 valence electrons. The lowest BCUT2D eigenvalue weighted by Crippen LogP contribution is -2.50. The summed E-state index contributed by atoms with van der Waals surface area (Å²) in [5, 5.41) is 17.1. The molecule has 1 aromatic rings. The van der Waals surface area contributed by atoms with E-state index in [0.717, 1.165) is 63.1 Å². The summed E-state index contributed by atoms with van der Waals surface area (Å²) >= 11 is 0. The zero-order valence-electron chi connectivity index (χ0n) is 19.8. The second-order valence-corrected chi connectivity index (χ2v) is 8.17. The normalized spacial score (nSPS) is 17.7. The molecule has 2 atom stereocenters. The third-order valence-electron chi connectivity index (χ3n) is 5.43. The van der Waals surface area contributed by atoms with E-state index in [9.17, 15) is 5.11 Å². The molecule has 1 heterocycles. The summed E-state index contributed by atoms with van der Waals surface area (Å²) in [6.45, 7) is 18.0. The molecule has 0 spiro atoms. The van der Waals surface area contributed by atoms with Gasteiger partial charge in [-0.05, 0) is 51.9 Å². The van der Waals surface area contributed by atoms with Gasteiger partial charge in [-0.3, -0.25) is 9.89 Å². The van der Waals surface area contributed by atoms with Gasteiger partial charge in [0.2, 0.25) is 0 Å². The molecule has 0 amide bonds. The number of halogens is 1. The molecular weight excluding hydrogens is 505 g/mol. The Labute approximate surface area is 205 Å². The molecule has 0 radical (unpaired) electrons. The van der Waals surface area contributed by atoms with Crippen LogP contribution in [0.25, 0.3) is 0 Å². The number of hydrogen-bond donors (Lipinski definition) is 3. The summed E-state index contributed by atoms with van der Waals surface area (Å²) in [5.41, 5.74) is 0.858. The van der Waals surface area contributed by atoms with Crippen molar-refractivity contribution in [3.8, 4) is 5.75 Å². The Balaban J connectivity index is 0.00000480. The molecule has 0 bridgehead atoms. The maximum absolute atomic E-state index is 10.5. The number of hydrogen-bond acceptors (Lipinski definition) is 5. The van der Waals surface area contributed by atoms with Gasteiger partial charge in [-0.1, -0.05) is 19.1 Å². The molecule has 31 heavy (non-hydrogen) atoms. The number of ether oxygens (including phenoxy) is 1. The SMILES string of the molecule is CCNC(=NCC(C)N1CCN(CC)CC1)NCC(O)c1ccc(OC(C)C)cc1.I. The summed E-state index contributed by atoms with van der Waals surface area (Å²) < 4.78 is 5.66. The molecule has 0 saturated carbocycles. The van der Waals surface area contributed by atoms with Crippen molar-refractivity contribution in [3.63, 3.8) is 0 Å². The third-order valence-corrected chi connectivity index (χ3v) is 5.43. The van der Waals surface area contributed by atoms with E-state index < -0.39 is 6.10 Å². The molecule has 2 rings (SSSR count). The molecule has 0 aliphatic carbocycles. The lowest BCUT2D eigenvalue weighted by Gasteiger charge is -2.37. The van der Waals surface area contributed by atoms with Crippen molar-refractivity contribution >= 4 is 29.9 Å². The Morgan fingerprint density at radius 3 is 2.26 bits per heavy atom. The monoisotopic (exact) mass is 547 g/mol. The van der Waals surface area contributed by atoms with Gasteiger partial charge in [0.25, 0.3) is 0 Å². The van der Waals surface area contributed by atoms with Gasteiger partial charge in [0.15, 0.2) is 5.96 Å². The average Bonchev–Trinajstić information content (AvgIpc) is 2.75. The zero-order valence-corrected chi connectivity index (χ0v) is 22.1. The van der Waals surface area contributed by atoms with Crippen LogP contribution in [-0.2, 0) is 0 Å². The van der Waals surface area contributed by atoms with E-state index in [2.05, 4.69) is 41.2 Å². The summed E-state index contributed by atoms with van der Waals surface area (Å²) in [6.07, 6.45) is -0.472. The number of nitrogens with zero attached hydrogens (tertiary/aromatic N) is 3. The minimum Gasteiger partial charge on any atom is -0.491 e. The van der Waals surface area contributed by atoms with Crippen LogP contribution < -0.4 is 15.4 Å². The fraction of sp³-hybridized carbons (Fsp3) is 0.696. The highest BCUT2D eigenvalue weighted by atomic mass is 127. The number of nitrogens with one attached hydrogen (secondary N) is 2. The first kappa shape index (κ1) is 27.9. The first-order valence-corrected chi connectivity index (χ1v) is 11.4. The van der Waals surface area contributed by atoms with Crippen molar-refractivity contribution < 1.29 is 9.84 Å². The molecule has 1 saturated heterocycles. The lowest BCUT2D eigenvalue weighted by molar-refractivity contribution is 0.109. The minimum absolute atomic E-state index is 0. The highest BCUT2D eigenvalue weighted by molar-refractivity contribution is 14.0. The van der Waals surface area contributed by atoms with Gasteiger partial charge in [0, 0.05) is 45.3 Å². The van der Waals surface area contributed by atoms with Crippen LogP contribution in [0.5, 0.6) is 5.75 Å². The molecule has 1 fully saturated rings. The van der Waals surface area contributed by atoms with E-state index in [0.29, 0.717) is 12.6 Å². The van der Waals surface area contributed by atoms with E-state index in [1.165, 1.54) is 0 Å². The maximum atomic E-state index is 10.5. The average molecular weight is 548 g/mol.